The Morgan fingerprint density at radius 3 is 2.35 bits per heavy atom. The van der Waals surface area contributed by atoms with Gasteiger partial charge in [-0.2, -0.15) is 0 Å². The van der Waals surface area contributed by atoms with Crippen molar-refractivity contribution in [2.24, 2.45) is 39.9 Å². The van der Waals surface area contributed by atoms with Crippen LogP contribution in [-0.4, -0.2) is 39.9 Å². The summed E-state index contributed by atoms with van der Waals surface area (Å²) < 4.78 is 0. The smallest absolute Gasteiger partial charge is 0.126 e. The number of fused-ring (bicyclic) bond motifs is 2. The zero-order valence-corrected chi connectivity index (χ0v) is 22.7. The summed E-state index contributed by atoms with van der Waals surface area (Å²) in [6.45, 7) is 15.1. The Bertz CT molecular complexity index is 794. The minimum atomic E-state index is -0.840. The molecule has 0 spiro atoms. The van der Waals surface area contributed by atoms with Crippen molar-refractivity contribution < 1.29 is 20.1 Å². The highest BCUT2D eigenvalue weighted by Crippen LogP contribution is 2.65. The molecule has 0 aromatic rings. The first kappa shape index (κ1) is 27.6. The average molecular weight is 475 g/mol. The standard InChI is InChI=1S/C30H50O4/c1-19(2)15-22(32)16-20(3)23-12-14-30(7)25(18-31)26(33)17-24-21(9-8-13-29(23,30)6)10-11-27(34)28(24,4)5/h15,17-18,20-23,25-27,32-34H,8-14,16H2,1-7H3/b24-17+/t20?,21-,22+,23?,25+,26+,27+,29-,30+/m1/s1. The fourth-order valence-corrected chi connectivity index (χ4v) is 8.27. The van der Waals surface area contributed by atoms with Crippen molar-refractivity contribution in [1.29, 1.82) is 0 Å². The van der Waals surface area contributed by atoms with Gasteiger partial charge in [-0.3, -0.25) is 0 Å². The Morgan fingerprint density at radius 2 is 1.74 bits per heavy atom. The zero-order chi connectivity index (χ0) is 25.5. The summed E-state index contributed by atoms with van der Waals surface area (Å²) >= 11 is 0. The summed E-state index contributed by atoms with van der Waals surface area (Å²) in [6.07, 6.45) is 10.8. The van der Waals surface area contributed by atoms with Crippen molar-refractivity contribution in [3.05, 3.63) is 23.3 Å². The lowest BCUT2D eigenvalue weighted by atomic mass is 9.53. The lowest BCUT2D eigenvalue weighted by Gasteiger charge is -2.52. The van der Waals surface area contributed by atoms with Gasteiger partial charge in [0, 0.05) is 5.41 Å². The fourth-order valence-electron chi connectivity index (χ4n) is 8.27. The normalized spacial score (nSPS) is 43.5. The number of hydrogen-bond acceptors (Lipinski definition) is 4. The van der Waals surface area contributed by atoms with E-state index in [2.05, 4.69) is 34.6 Å². The molecule has 4 heteroatoms. The lowest BCUT2D eigenvalue weighted by molar-refractivity contribution is -0.126. The molecule has 194 valence electrons. The largest absolute Gasteiger partial charge is 0.392 e. The van der Waals surface area contributed by atoms with Crippen molar-refractivity contribution in [3.8, 4) is 0 Å². The van der Waals surface area contributed by atoms with E-state index in [1.54, 1.807) is 0 Å². The summed E-state index contributed by atoms with van der Waals surface area (Å²) in [5.74, 6) is 0.614. The maximum absolute atomic E-state index is 12.6. The number of hydrogen-bond donors (Lipinski definition) is 3. The second kappa shape index (κ2) is 10.2. The van der Waals surface area contributed by atoms with Crippen LogP contribution in [0.15, 0.2) is 23.3 Å². The predicted molar refractivity (Wildman–Crippen MR) is 138 cm³/mol. The summed E-state index contributed by atoms with van der Waals surface area (Å²) in [4.78, 5) is 12.6. The lowest BCUT2D eigenvalue weighted by Crippen LogP contribution is -2.49. The van der Waals surface area contributed by atoms with Crippen molar-refractivity contribution in [1.82, 2.24) is 0 Å². The number of aldehydes is 1. The summed E-state index contributed by atoms with van der Waals surface area (Å²) in [6, 6.07) is 0. The third-order valence-corrected chi connectivity index (χ3v) is 10.6. The van der Waals surface area contributed by atoms with E-state index in [4.69, 9.17) is 0 Å². The van der Waals surface area contributed by atoms with E-state index in [-0.39, 0.29) is 16.2 Å². The molecule has 2 saturated carbocycles. The molecule has 0 amide bonds. The van der Waals surface area contributed by atoms with E-state index in [0.717, 1.165) is 68.8 Å². The molecule has 0 aromatic heterocycles. The second-order valence-corrected chi connectivity index (χ2v) is 13.2. The molecular formula is C30H50O4. The average Bonchev–Trinajstić information content (AvgIpc) is 2.98. The minimum absolute atomic E-state index is 0.0846. The molecule has 9 atom stereocenters. The van der Waals surface area contributed by atoms with Crippen LogP contribution in [-0.2, 0) is 4.79 Å². The second-order valence-electron chi connectivity index (χ2n) is 13.2. The molecule has 0 radical (unpaired) electrons. The van der Waals surface area contributed by atoms with E-state index in [0.29, 0.717) is 17.8 Å². The zero-order valence-electron chi connectivity index (χ0n) is 22.7. The highest BCUT2D eigenvalue weighted by atomic mass is 16.3. The Hall–Kier alpha value is -0.970. The molecule has 3 aliphatic carbocycles. The summed E-state index contributed by atoms with van der Waals surface area (Å²) in [5, 5.41) is 32.8. The maximum atomic E-state index is 12.6. The molecular weight excluding hydrogens is 424 g/mol. The van der Waals surface area contributed by atoms with Crippen LogP contribution >= 0.6 is 0 Å². The van der Waals surface area contributed by atoms with Gasteiger partial charge in [-0.1, -0.05) is 64.3 Å². The van der Waals surface area contributed by atoms with Gasteiger partial charge in [0.15, 0.2) is 0 Å². The van der Waals surface area contributed by atoms with Crippen LogP contribution < -0.4 is 0 Å². The van der Waals surface area contributed by atoms with Crippen LogP contribution in [0.2, 0.25) is 0 Å². The molecule has 0 heterocycles. The topological polar surface area (TPSA) is 77.8 Å². The van der Waals surface area contributed by atoms with Crippen LogP contribution in [0.3, 0.4) is 0 Å². The molecule has 0 saturated heterocycles. The van der Waals surface area contributed by atoms with Crippen molar-refractivity contribution >= 4 is 6.29 Å². The molecule has 3 rings (SSSR count). The van der Waals surface area contributed by atoms with Crippen molar-refractivity contribution in [2.75, 3.05) is 0 Å². The third kappa shape index (κ3) is 4.84. The van der Waals surface area contributed by atoms with Gasteiger partial charge >= 0.3 is 0 Å². The number of carbonyl (C=O) groups is 1. The number of aliphatic hydroxyl groups is 3. The van der Waals surface area contributed by atoms with Gasteiger partial charge in [0.1, 0.15) is 6.29 Å². The van der Waals surface area contributed by atoms with Crippen LogP contribution in [0.25, 0.3) is 0 Å². The fraction of sp³-hybridized carbons (Fsp3) is 0.833. The van der Waals surface area contributed by atoms with Gasteiger partial charge in [0.25, 0.3) is 0 Å². The highest BCUT2D eigenvalue weighted by Gasteiger charge is 2.59. The predicted octanol–water partition coefficient (Wildman–Crippen LogP) is 5.85. The molecule has 3 N–H and O–H groups in total. The van der Waals surface area contributed by atoms with Gasteiger partial charge in [-0.15, -0.1) is 0 Å². The van der Waals surface area contributed by atoms with E-state index in [1.165, 1.54) is 0 Å². The Labute approximate surface area is 207 Å². The number of allylic oxidation sites excluding steroid dienone is 1. The van der Waals surface area contributed by atoms with E-state index >= 15 is 0 Å². The van der Waals surface area contributed by atoms with E-state index in [9.17, 15) is 20.1 Å². The number of aliphatic hydroxyl groups excluding tert-OH is 3. The minimum Gasteiger partial charge on any atom is -0.392 e. The van der Waals surface area contributed by atoms with Crippen LogP contribution in [0.1, 0.15) is 99.8 Å². The molecule has 2 unspecified atom stereocenters. The quantitative estimate of drug-likeness (QED) is 0.345. The first-order valence-corrected chi connectivity index (χ1v) is 13.6. The van der Waals surface area contributed by atoms with Crippen molar-refractivity contribution in [2.45, 2.75) is 118 Å². The van der Waals surface area contributed by atoms with Gasteiger partial charge in [-0.25, -0.2) is 0 Å². The number of carbonyl (C=O) groups excluding carboxylic acids is 1. The van der Waals surface area contributed by atoms with Crippen LogP contribution in [0.4, 0.5) is 0 Å². The maximum Gasteiger partial charge on any atom is 0.126 e. The third-order valence-electron chi connectivity index (χ3n) is 10.6. The summed E-state index contributed by atoms with van der Waals surface area (Å²) in [7, 11) is 0. The van der Waals surface area contributed by atoms with Gasteiger partial charge in [0.05, 0.1) is 24.2 Å². The Balaban J connectivity index is 1.98. The molecule has 0 aliphatic heterocycles. The van der Waals surface area contributed by atoms with E-state index < -0.39 is 24.2 Å². The molecule has 3 aliphatic rings. The van der Waals surface area contributed by atoms with E-state index in [1.807, 2.05) is 26.0 Å². The molecule has 4 nitrogen and oxygen atoms in total. The number of rotatable bonds is 5. The summed E-state index contributed by atoms with van der Waals surface area (Å²) in [5.41, 5.74) is 1.50. The molecule has 34 heavy (non-hydrogen) atoms. The van der Waals surface area contributed by atoms with Gasteiger partial charge in [0.2, 0.25) is 0 Å². The van der Waals surface area contributed by atoms with Crippen LogP contribution in [0.5, 0.6) is 0 Å². The first-order valence-electron chi connectivity index (χ1n) is 13.6. The molecule has 0 bridgehead atoms. The highest BCUT2D eigenvalue weighted by molar-refractivity contribution is 5.58. The Morgan fingerprint density at radius 1 is 1.06 bits per heavy atom. The van der Waals surface area contributed by atoms with Gasteiger partial charge < -0.3 is 20.1 Å². The molecule has 0 aromatic carbocycles. The van der Waals surface area contributed by atoms with Gasteiger partial charge in [-0.05, 0) is 87.4 Å². The first-order chi connectivity index (χ1) is 15.8. The monoisotopic (exact) mass is 474 g/mol. The SMILES string of the molecule is CC(C)=C[C@H](O)CC(C)C1CC[C@@]2(C)[C@@H](C=O)[C@@H](O)/C=C3\[C@H](CCC[C@]12C)CC[C@H](O)C3(C)C. The van der Waals surface area contributed by atoms with Crippen LogP contribution in [0, 0.1) is 39.9 Å². The Kier molecular flexibility index (Phi) is 8.27. The molecule has 2 fully saturated rings. The van der Waals surface area contributed by atoms with Crippen molar-refractivity contribution in [3.63, 3.8) is 0 Å².